The molecule has 19 heteroatoms. The molecule has 19 nitrogen and oxygen atoms in total. The van der Waals surface area contributed by atoms with Gasteiger partial charge in [-0.15, -0.1) is 0 Å². The molecule has 8 atom stereocenters. The number of aromatic nitrogens is 2. The minimum Gasteiger partial charge on any atom is -0.474 e. The number of rotatable bonds is 9. The molecule has 1 amide bonds. The summed E-state index contributed by atoms with van der Waals surface area (Å²) >= 11 is 0. The van der Waals surface area contributed by atoms with Crippen LogP contribution < -0.4 is 10.3 Å². The molecule has 0 saturated carbocycles. The molecular weight excluding hydrogens is 610 g/mol. The Morgan fingerprint density at radius 2 is 1.09 bits per heavy atom. The SMILES string of the molecule is CC(=O)O[C@@H]1[C@H](OC(C)=O)[C@H](OC(C)=O)CO[C@H]1n1c[n+]([C@@H]2OC[C@@H](OC(C)=O)[C@@H](OC(C)=O)[C@H]2OC(C)=O)c(O)c1C(N)=O. The van der Waals surface area contributed by atoms with Crippen LogP contribution in [0.2, 0.25) is 0 Å². The molecular formula is C26H34N3O16+. The van der Waals surface area contributed by atoms with E-state index in [-0.39, 0.29) is 0 Å². The number of amides is 1. The number of esters is 6. The number of imidazole rings is 1. The Hall–Kier alpha value is -4.78. The van der Waals surface area contributed by atoms with Gasteiger partial charge in [0.2, 0.25) is 24.7 Å². The Balaban J connectivity index is 2.17. The highest BCUT2D eigenvalue weighted by Crippen LogP contribution is 2.35. The van der Waals surface area contributed by atoms with Crippen molar-refractivity contribution in [2.24, 2.45) is 5.73 Å². The summed E-state index contributed by atoms with van der Waals surface area (Å²) in [6.07, 6.45) is -10.6. The number of carbonyl (C=O) groups is 7. The van der Waals surface area contributed by atoms with Gasteiger partial charge in [-0.3, -0.25) is 33.6 Å². The number of aromatic hydroxyl groups is 1. The van der Waals surface area contributed by atoms with E-state index in [1.54, 1.807) is 0 Å². The molecule has 2 aliphatic rings. The van der Waals surface area contributed by atoms with Crippen molar-refractivity contribution < 1.29 is 81.1 Å². The summed E-state index contributed by atoms with van der Waals surface area (Å²) in [7, 11) is 0. The maximum absolute atomic E-state index is 12.7. The quantitative estimate of drug-likeness (QED) is 0.171. The average molecular weight is 645 g/mol. The van der Waals surface area contributed by atoms with Crippen molar-refractivity contribution in [2.45, 2.75) is 90.6 Å². The van der Waals surface area contributed by atoms with Crippen LogP contribution in [0, 0.1) is 0 Å². The number of carbonyl (C=O) groups excluding carboxylic acids is 7. The maximum Gasteiger partial charge on any atom is 0.338 e. The van der Waals surface area contributed by atoms with Gasteiger partial charge in [0.15, 0.2) is 24.4 Å². The topological polar surface area (TPSA) is 248 Å². The van der Waals surface area contributed by atoms with Crippen LogP contribution in [0.1, 0.15) is 64.5 Å². The first-order valence-electron chi connectivity index (χ1n) is 13.4. The maximum atomic E-state index is 12.7. The van der Waals surface area contributed by atoms with E-state index >= 15 is 0 Å². The third-order valence-corrected chi connectivity index (χ3v) is 6.39. The van der Waals surface area contributed by atoms with Gasteiger partial charge in [0.25, 0.3) is 17.9 Å². The Morgan fingerprint density at radius 1 is 0.689 bits per heavy atom. The monoisotopic (exact) mass is 644 g/mol. The number of hydrogen-bond acceptors (Lipinski definition) is 16. The summed E-state index contributed by atoms with van der Waals surface area (Å²) < 4.78 is 45.3. The zero-order chi connectivity index (χ0) is 33.7. The van der Waals surface area contributed by atoms with Gasteiger partial charge in [-0.2, -0.15) is 9.13 Å². The zero-order valence-corrected chi connectivity index (χ0v) is 25.2. The van der Waals surface area contributed by atoms with Crippen LogP contribution in [-0.2, 0) is 66.7 Å². The molecule has 0 spiro atoms. The van der Waals surface area contributed by atoms with Gasteiger partial charge < -0.3 is 48.7 Å². The van der Waals surface area contributed by atoms with Crippen LogP contribution in [0.3, 0.4) is 0 Å². The lowest BCUT2D eigenvalue weighted by Crippen LogP contribution is -2.61. The van der Waals surface area contributed by atoms with Gasteiger partial charge in [0.1, 0.15) is 0 Å². The molecule has 1 aromatic heterocycles. The first kappa shape index (κ1) is 34.7. The second-order valence-electron chi connectivity index (χ2n) is 10.0. The number of ether oxygens (including phenoxy) is 8. The highest BCUT2D eigenvalue weighted by molar-refractivity contribution is 5.92. The summed E-state index contributed by atoms with van der Waals surface area (Å²) in [4.78, 5) is 84.4. The highest BCUT2D eigenvalue weighted by Gasteiger charge is 2.55. The van der Waals surface area contributed by atoms with Crippen molar-refractivity contribution in [3.63, 3.8) is 0 Å². The lowest BCUT2D eigenvalue weighted by Gasteiger charge is -2.39. The van der Waals surface area contributed by atoms with E-state index in [2.05, 4.69) is 0 Å². The standard InChI is InChI=1S/C26H33N3O16/c1-10(30)40-16-7-38-25(21(44-14(5)34)19(16)42-12(3)32)28-9-29(24(37)18(28)23(27)36)26-22(45-15(6)35)20(43-13(4)33)17(8-39-26)41-11(2)31/h9,16-17,19-22,25-26H,7-8H2,1-6H3,(H2-,27,36,37)/p+1/t16-,17-,19-,20-,21-,22-,25-,26-/m1/s1. The smallest absolute Gasteiger partial charge is 0.338 e. The third-order valence-electron chi connectivity index (χ3n) is 6.39. The molecule has 248 valence electrons. The van der Waals surface area contributed by atoms with E-state index in [0.717, 1.165) is 57.0 Å². The molecule has 3 heterocycles. The van der Waals surface area contributed by atoms with E-state index < -0.39 is 116 Å². The number of primary amides is 1. The average Bonchev–Trinajstić information content (AvgIpc) is 3.23. The predicted molar refractivity (Wildman–Crippen MR) is 138 cm³/mol. The summed E-state index contributed by atoms with van der Waals surface area (Å²) in [5.41, 5.74) is 4.96. The fourth-order valence-electron chi connectivity index (χ4n) is 5.02. The van der Waals surface area contributed by atoms with Gasteiger partial charge in [0, 0.05) is 41.5 Å². The van der Waals surface area contributed by atoms with Crippen LogP contribution in [0.5, 0.6) is 5.88 Å². The molecule has 0 aliphatic carbocycles. The van der Waals surface area contributed by atoms with Gasteiger partial charge in [0.05, 0.1) is 13.2 Å². The molecule has 0 bridgehead atoms. The van der Waals surface area contributed by atoms with Crippen LogP contribution in [0.15, 0.2) is 6.33 Å². The lowest BCUT2D eigenvalue weighted by molar-refractivity contribution is -0.778. The van der Waals surface area contributed by atoms with E-state index in [9.17, 15) is 38.7 Å². The Morgan fingerprint density at radius 3 is 1.53 bits per heavy atom. The van der Waals surface area contributed by atoms with Crippen LogP contribution in [0.4, 0.5) is 0 Å². The molecule has 2 fully saturated rings. The fraction of sp³-hybridized carbons (Fsp3) is 0.615. The van der Waals surface area contributed by atoms with Crippen molar-refractivity contribution in [1.29, 1.82) is 0 Å². The Kier molecular flexibility index (Phi) is 11.1. The third kappa shape index (κ3) is 8.24. The second-order valence-corrected chi connectivity index (χ2v) is 10.0. The van der Waals surface area contributed by atoms with E-state index in [0.29, 0.717) is 0 Å². The molecule has 2 aliphatic heterocycles. The molecule has 3 rings (SSSR count). The van der Waals surface area contributed by atoms with Crippen molar-refractivity contribution in [3.05, 3.63) is 12.0 Å². The second kappa shape index (κ2) is 14.3. The Labute approximate surface area is 255 Å². The molecule has 0 radical (unpaired) electrons. The molecule has 3 N–H and O–H groups in total. The summed E-state index contributed by atoms with van der Waals surface area (Å²) in [5.74, 6) is -7.06. The van der Waals surface area contributed by atoms with Gasteiger partial charge in [-0.05, 0) is 0 Å². The van der Waals surface area contributed by atoms with Crippen LogP contribution in [0.25, 0.3) is 0 Å². The Bertz CT molecular complexity index is 1360. The summed E-state index contributed by atoms with van der Waals surface area (Å²) in [5, 5.41) is 11.3. The van der Waals surface area contributed by atoms with Crippen molar-refractivity contribution in [2.75, 3.05) is 13.2 Å². The van der Waals surface area contributed by atoms with Gasteiger partial charge >= 0.3 is 41.7 Å². The fourth-order valence-corrected chi connectivity index (χ4v) is 5.02. The first-order valence-corrected chi connectivity index (χ1v) is 13.4. The van der Waals surface area contributed by atoms with Gasteiger partial charge in [-0.25, -0.2) is 0 Å². The van der Waals surface area contributed by atoms with Crippen molar-refractivity contribution >= 4 is 41.7 Å². The van der Waals surface area contributed by atoms with Gasteiger partial charge in [-0.1, -0.05) is 0 Å². The molecule has 0 unspecified atom stereocenters. The first-order chi connectivity index (χ1) is 21.0. The zero-order valence-electron chi connectivity index (χ0n) is 25.2. The van der Waals surface area contributed by atoms with E-state index in [4.69, 9.17) is 43.6 Å². The van der Waals surface area contributed by atoms with Crippen molar-refractivity contribution in [1.82, 2.24) is 4.57 Å². The summed E-state index contributed by atoms with van der Waals surface area (Å²) in [6, 6.07) is 0. The molecule has 2 saturated heterocycles. The number of nitrogens with zero attached hydrogens (tertiary/aromatic N) is 2. The van der Waals surface area contributed by atoms with Crippen LogP contribution in [-0.4, -0.2) is 101 Å². The van der Waals surface area contributed by atoms with E-state index in [1.165, 1.54) is 0 Å². The minimum absolute atomic E-state index is 0.432. The molecule has 1 aromatic rings. The van der Waals surface area contributed by atoms with E-state index in [1.807, 2.05) is 0 Å². The molecule has 45 heavy (non-hydrogen) atoms. The summed E-state index contributed by atoms with van der Waals surface area (Å²) in [6.45, 7) is 5.51. The number of hydrogen-bond donors (Lipinski definition) is 2. The van der Waals surface area contributed by atoms with Crippen molar-refractivity contribution in [3.8, 4) is 5.88 Å². The normalized spacial score (nSPS) is 27.8. The largest absolute Gasteiger partial charge is 0.474 e. The highest BCUT2D eigenvalue weighted by atomic mass is 16.7. The van der Waals surface area contributed by atoms with Crippen LogP contribution >= 0.6 is 0 Å². The predicted octanol–water partition coefficient (Wildman–Crippen LogP) is -1.77. The number of nitrogens with two attached hydrogens (primary N) is 1. The lowest BCUT2D eigenvalue weighted by atomic mass is 10.0. The molecule has 0 aromatic carbocycles. The minimum atomic E-state index is -1.58.